The first-order valence-electron chi connectivity index (χ1n) is 19.0. The summed E-state index contributed by atoms with van der Waals surface area (Å²) in [4.78, 5) is 5.40. The Hall–Kier alpha value is -0.660. The first kappa shape index (κ1) is 37.4. The van der Waals surface area contributed by atoms with Gasteiger partial charge in [0.15, 0.2) is 0 Å². The molecular weight excluding hydrogens is 484 g/mol. The second kappa shape index (κ2) is 29.8. The Balaban J connectivity index is 2.09. The molecule has 0 N–H and O–H groups in total. The summed E-state index contributed by atoms with van der Waals surface area (Å²) in [5, 5.41) is 0. The Morgan fingerprint density at radius 3 is 0.875 bits per heavy atom. The molecule has 1 aliphatic heterocycles. The molecule has 0 spiro atoms. The van der Waals surface area contributed by atoms with Crippen molar-refractivity contribution in [3.8, 4) is 0 Å². The van der Waals surface area contributed by atoms with E-state index in [9.17, 15) is 0 Å². The van der Waals surface area contributed by atoms with Gasteiger partial charge in [0.1, 0.15) is 6.17 Å². The van der Waals surface area contributed by atoms with Gasteiger partial charge in [-0.3, -0.25) is 0 Å². The topological polar surface area (TPSA) is 6.48 Å². The molecule has 0 bridgehead atoms. The van der Waals surface area contributed by atoms with Crippen LogP contribution in [0.4, 0.5) is 0 Å². The standard InChI is InChI=1S/C38H76N2/c1-4-7-10-13-15-17-19-20-21-22-23-25-27-29-32-35-40-37-36-39(38(40)33-30-12-9-6-3)34-31-28-26-24-18-16-14-11-8-5-2/h36-38H,4-35H2,1-3H3. The summed E-state index contributed by atoms with van der Waals surface area (Å²) < 4.78 is 0. The Morgan fingerprint density at radius 2 is 0.575 bits per heavy atom. The van der Waals surface area contributed by atoms with Crippen LogP contribution in [0.2, 0.25) is 0 Å². The largest absolute Gasteiger partial charge is 0.356 e. The highest BCUT2D eigenvalue weighted by Crippen LogP contribution is 2.24. The lowest BCUT2D eigenvalue weighted by molar-refractivity contribution is 0.135. The van der Waals surface area contributed by atoms with Gasteiger partial charge in [-0.2, -0.15) is 0 Å². The lowest BCUT2D eigenvalue weighted by Crippen LogP contribution is -2.39. The van der Waals surface area contributed by atoms with Crippen LogP contribution in [0.3, 0.4) is 0 Å². The van der Waals surface area contributed by atoms with Crippen molar-refractivity contribution in [3.05, 3.63) is 12.4 Å². The van der Waals surface area contributed by atoms with Crippen LogP contribution in [0.25, 0.3) is 0 Å². The average Bonchev–Trinajstić information content (AvgIpc) is 3.35. The van der Waals surface area contributed by atoms with E-state index in [0.29, 0.717) is 6.17 Å². The van der Waals surface area contributed by atoms with E-state index in [0.717, 1.165) is 0 Å². The van der Waals surface area contributed by atoms with Crippen molar-refractivity contribution in [2.75, 3.05) is 13.1 Å². The fourth-order valence-electron chi connectivity index (χ4n) is 6.54. The van der Waals surface area contributed by atoms with E-state index in [1.807, 2.05) is 0 Å². The van der Waals surface area contributed by atoms with Gasteiger partial charge in [0.25, 0.3) is 0 Å². The predicted octanol–water partition coefficient (Wildman–Crippen LogP) is 13.2. The van der Waals surface area contributed by atoms with Crippen molar-refractivity contribution in [2.45, 2.75) is 220 Å². The Bertz CT molecular complexity index is 516. The summed E-state index contributed by atoms with van der Waals surface area (Å²) in [5.74, 6) is 0. The van der Waals surface area contributed by atoms with Crippen LogP contribution in [0, 0.1) is 0 Å². The summed E-state index contributed by atoms with van der Waals surface area (Å²) in [6, 6.07) is 0. The molecule has 238 valence electrons. The van der Waals surface area contributed by atoms with Crippen molar-refractivity contribution in [1.82, 2.24) is 9.80 Å². The molecule has 0 radical (unpaired) electrons. The van der Waals surface area contributed by atoms with Gasteiger partial charge in [-0.15, -0.1) is 0 Å². The number of unbranched alkanes of at least 4 members (excludes halogenated alkanes) is 26. The van der Waals surface area contributed by atoms with Crippen molar-refractivity contribution < 1.29 is 0 Å². The fourth-order valence-corrected chi connectivity index (χ4v) is 6.54. The molecule has 2 nitrogen and oxygen atoms in total. The van der Waals surface area contributed by atoms with Crippen molar-refractivity contribution in [1.29, 1.82) is 0 Å². The van der Waals surface area contributed by atoms with Crippen LogP contribution in [-0.4, -0.2) is 29.1 Å². The molecule has 0 aromatic heterocycles. The quantitative estimate of drug-likeness (QED) is 0.0755. The minimum Gasteiger partial charge on any atom is -0.356 e. The first-order valence-corrected chi connectivity index (χ1v) is 19.0. The third kappa shape index (κ3) is 22.0. The van der Waals surface area contributed by atoms with E-state index in [4.69, 9.17) is 0 Å². The molecule has 0 aliphatic carbocycles. The molecule has 1 unspecified atom stereocenters. The van der Waals surface area contributed by atoms with Gasteiger partial charge in [-0.1, -0.05) is 188 Å². The monoisotopic (exact) mass is 561 g/mol. The Kier molecular flexibility index (Phi) is 27.9. The highest BCUT2D eigenvalue weighted by molar-refractivity contribution is 4.97. The second-order valence-electron chi connectivity index (χ2n) is 13.2. The van der Waals surface area contributed by atoms with Gasteiger partial charge in [-0.25, -0.2) is 0 Å². The van der Waals surface area contributed by atoms with E-state index in [1.165, 1.54) is 206 Å². The first-order chi connectivity index (χ1) is 19.8. The van der Waals surface area contributed by atoms with Gasteiger partial charge in [0.05, 0.1) is 0 Å². The van der Waals surface area contributed by atoms with Gasteiger partial charge >= 0.3 is 0 Å². The van der Waals surface area contributed by atoms with Crippen molar-refractivity contribution >= 4 is 0 Å². The van der Waals surface area contributed by atoms with Gasteiger partial charge < -0.3 is 9.80 Å². The maximum atomic E-state index is 2.70. The van der Waals surface area contributed by atoms with E-state index < -0.39 is 0 Å². The van der Waals surface area contributed by atoms with E-state index >= 15 is 0 Å². The average molecular weight is 561 g/mol. The molecule has 1 aliphatic rings. The summed E-state index contributed by atoms with van der Waals surface area (Å²) in [6.07, 6.45) is 48.5. The lowest BCUT2D eigenvalue weighted by Gasteiger charge is -2.33. The molecule has 40 heavy (non-hydrogen) atoms. The molecule has 0 saturated carbocycles. The molecule has 0 amide bonds. The predicted molar refractivity (Wildman–Crippen MR) is 182 cm³/mol. The highest BCUT2D eigenvalue weighted by Gasteiger charge is 2.24. The molecule has 0 aromatic rings. The number of nitrogens with zero attached hydrogens (tertiary/aromatic N) is 2. The molecule has 0 fully saturated rings. The van der Waals surface area contributed by atoms with Gasteiger partial charge in [-0.05, 0) is 25.7 Å². The smallest absolute Gasteiger partial charge is 0.101 e. The normalized spacial score (nSPS) is 15.1. The summed E-state index contributed by atoms with van der Waals surface area (Å²) in [5.41, 5.74) is 0. The summed E-state index contributed by atoms with van der Waals surface area (Å²) in [7, 11) is 0. The maximum absolute atomic E-state index is 2.70. The third-order valence-electron chi connectivity index (χ3n) is 9.32. The van der Waals surface area contributed by atoms with Crippen LogP contribution in [0.1, 0.15) is 213 Å². The number of hydrogen-bond acceptors (Lipinski definition) is 2. The van der Waals surface area contributed by atoms with Crippen LogP contribution < -0.4 is 0 Å². The third-order valence-corrected chi connectivity index (χ3v) is 9.32. The summed E-state index contributed by atoms with van der Waals surface area (Å²) in [6.45, 7) is 9.48. The minimum atomic E-state index is 0.641. The zero-order valence-corrected chi connectivity index (χ0v) is 28.3. The fraction of sp³-hybridized carbons (Fsp3) is 0.947. The zero-order chi connectivity index (χ0) is 28.8. The molecule has 1 rings (SSSR count). The number of rotatable bonds is 32. The van der Waals surface area contributed by atoms with E-state index in [2.05, 4.69) is 43.0 Å². The van der Waals surface area contributed by atoms with Gasteiger partial charge in [0.2, 0.25) is 0 Å². The maximum Gasteiger partial charge on any atom is 0.101 e. The van der Waals surface area contributed by atoms with Crippen LogP contribution in [0.5, 0.6) is 0 Å². The molecule has 0 saturated heterocycles. The molecule has 1 atom stereocenters. The van der Waals surface area contributed by atoms with E-state index in [-0.39, 0.29) is 0 Å². The second-order valence-corrected chi connectivity index (χ2v) is 13.2. The molecule has 2 heteroatoms. The molecule has 0 aromatic carbocycles. The minimum absolute atomic E-state index is 0.641. The Morgan fingerprint density at radius 1 is 0.325 bits per heavy atom. The molecular formula is C38H76N2. The van der Waals surface area contributed by atoms with Crippen molar-refractivity contribution in [3.63, 3.8) is 0 Å². The highest BCUT2D eigenvalue weighted by atomic mass is 15.4. The molecule has 1 heterocycles. The SMILES string of the molecule is CCCCCCCCCCCCCCCCCN1C=CN(CCCCCCCCCCCC)C1CCCCCC. The van der Waals surface area contributed by atoms with Crippen LogP contribution in [0.15, 0.2) is 12.4 Å². The van der Waals surface area contributed by atoms with Gasteiger partial charge in [0, 0.05) is 25.5 Å². The van der Waals surface area contributed by atoms with Crippen molar-refractivity contribution in [2.24, 2.45) is 0 Å². The Labute approximate surface area is 254 Å². The lowest BCUT2D eigenvalue weighted by atomic mass is 10.0. The van der Waals surface area contributed by atoms with Crippen LogP contribution in [-0.2, 0) is 0 Å². The zero-order valence-electron chi connectivity index (χ0n) is 28.3. The van der Waals surface area contributed by atoms with E-state index in [1.54, 1.807) is 0 Å². The number of hydrogen-bond donors (Lipinski definition) is 0. The van der Waals surface area contributed by atoms with Crippen LogP contribution >= 0.6 is 0 Å². The summed E-state index contributed by atoms with van der Waals surface area (Å²) >= 11 is 0.